The fraction of sp³-hybridized carbons (Fsp3) is 0.417. The van der Waals surface area contributed by atoms with Crippen molar-refractivity contribution in [2.75, 3.05) is 42.6 Å². The molecule has 1 aromatic carbocycles. The van der Waals surface area contributed by atoms with Crippen LogP contribution in [-0.2, 0) is 14.3 Å². The van der Waals surface area contributed by atoms with Crippen LogP contribution in [0.5, 0.6) is 0 Å². The summed E-state index contributed by atoms with van der Waals surface area (Å²) >= 11 is 0. The first-order valence-corrected chi connectivity index (χ1v) is 12.5. The van der Waals surface area contributed by atoms with Gasteiger partial charge in [0.1, 0.15) is 35.4 Å². The highest BCUT2D eigenvalue weighted by molar-refractivity contribution is 6.18. The quantitative estimate of drug-likeness (QED) is 0.0713. The number of nitrogen functional groups attached to an aromatic ring is 1. The number of nitrogens with one attached hydrogen (secondary N) is 4. The number of ketones is 1. The van der Waals surface area contributed by atoms with Crippen molar-refractivity contribution in [3.63, 3.8) is 0 Å². The van der Waals surface area contributed by atoms with E-state index in [1.807, 2.05) is 0 Å². The fourth-order valence-corrected chi connectivity index (χ4v) is 4.61. The Hall–Kier alpha value is -4.54. The molecule has 2 aromatic heterocycles. The van der Waals surface area contributed by atoms with E-state index in [4.69, 9.17) is 15.2 Å². The topological polar surface area (TPSA) is 236 Å². The summed E-state index contributed by atoms with van der Waals surface area (Å²) in [4.78, 5) is 58.6. The molecule has 3 heterocycles. The molecule has 5 rings (SSSR count). The van der Waals surface area contributed by atoms with Gasteiger partial charge in [-0.2, -0.15) is 4.98 Å². The zero-order valence-corrected chi connectivity index (χ0v) is 21.4. The zero-order valence-electron chi connectivity index (χ0n) is 21.4. The van der Waals surface area contributed by atoms with Gasteiger partial charge in [-0.05, 0) is 13.3 Å². The van der Waals surface area contributed by atoms with Crippen molar-refractivity contribution in [3.05, 3.63) is 60.7 Å². The zero-order chi connectivity index (χ0) is 28.7. The Balaban J connectivity index is 1.17. The smallest absolute Gasteiger partial charge is 0.280 e. The van der Waals surface area contributed by atoms with Crippen molar-refractivity contribution in [1.82, 2.24) is 24.8 Å². The number of aromatic nitrogens is 4. The van der Waals surface area contributed by atoms with E-state index in [-0.39, 0.29) is 40.8 Å². The first-order chi connectivity index (χ1) is 19.1. The van der Waals surface area contributed by atoms with Crippen LogP contribution in [0.4, 0.5) is 17.3 Å². The van der Waals surface area contributed by atoms with Crippen molar-refractivity contribution in [3.8, 4) is 0 Å². The maximum atomic E-state index is 12.2. The Labute approximate surface area is 225 Å². The number of nitrogens with zero attached hydrogens (tertiary/aromatic N) is 3. The normalized spacial score (nSPS) is 22.7. The molecule has 212 valence electrons. The van der Waals surface area contributed by atoms with Crippen LogP contribution in [0, 0.1) is 0 Å². The number of H-pyrrole nitrogens is 1. The van der Waals surface area contributed by atoms with Gasteiger partial charge in [0.25, 0.3) is 16.4 Å². The monoisotopic (exact) mass is 556 g/mol. The largest absolute Gasteiger partial charge is 0.491 e. The number of Topliss-reactive ketones (excluding diaryl/α,β-unsaturated/α-hetero) is 1. The number of rotatable bonds is 12. The molecule has 3 aromatic rings. The first-order valence-electron chi connectivity index (χ1n) is 12.5. The molecule has 0 unspecified atom stereocenters. The maximum absolute atomic E-state index is 12.2. The van der Waals surface area contributed by atoms with Gasteiger partial charge in [0, 0.05) is 19.6 Å². The van der Waals surface area contributed by atoms with E-state index >= 15 is 0 Å². The van der Waals surface area contributed by atoms with E-state index in [1.165, 1.54) is 10.9 Å². The third-order valence-electron chi connectivity index (χ3n) is 6.70. The van der Waals surface area contributed by atoms with Gasteiger partial charge >= 0.3 is 0 Å². The van der Waals surface area contributed by atoms with Crippen LogP contribution in [0.15, 0.2) is 44.3 Å². The average molecular weight is 557 g/mol. The van der Waals surface area contributed by atoms with Crippen molar-refractivity contribution in [2.45, 2.75) is 37.9 Å². The van der Waals surface area contributed by atoms with Crippen LogP contribution in [0.25, 0.3) is 11.2 Å². The van der Waals surface area contributed by atoms with Gasteiger partial charge in [0.2, 0.25) is 11.7 Å². The summed E-state index contributed by atoms with van der Waals surface area (Å²) in [5, 5.41) is 29.9. The third-order valence-corrected chi connectivity index (χ3v) is 6.70. The SMILES string of the molecule is C=C1C(=O)C(NCCCNc2c(NC[C@H]3O[C@H](n4cnc5c(=O)[nH]c(N)nc54)[C@H](O)[C@@H]3O)c(=O)c2=O)=C1OCC. The second kappa shape index (κ2) is 10.6. The molecular weight excluding hydrogens is 528 g/mol. The van der Waals surface area contributed by atoms with Gasteiger partial charge in [-0.3, -0.25) is 28.7 Å². The lowest BCUT2D eigenvalue weighted by Gasteiger charge is -2.25. The van der Waals surface area contributed by atoms with E-state index in [0.29, 0.717) is 43.1 Å². The second-order valence-electron chi connectivity index (χ2n) is 9.26. The molecule has 0 radical (unpaired) electrons. The lowest BCUT2D eigenvalue weighted by Crippen LogP contribution is -2.41. The van der Waals surface area contributed by atoms with E-state index in [2.05, 4.69) is 37.5 Å². The van der Waals surface area contributed by atoms with Crippen LogP contribution in [0.1, 0.15) is 19.6 Å². The Kier molecular flexibility index (Phi) is 7.14. The molecule has 0 saturated carbocycles. The predicted molar refractivity (Wildman–Crippen MR) is 142 cm³/mol. The number of aliphatic hydroxyl groups is 2. The number of nitrogens with two attached hydrogens (primary N) is 1. The van der Waals surface area contributed by atoms with Gasteiger partial charge in [-0.1, -0.05) is 6.58 Å². The summed E-state index contributed by atoms with van der Waals surface area (Å²) < 4.78 is 12.5. The lowest BCUT2D eigenvalue weighted by molar-refractivity contribution is -0.114. The number of aromatic amines is 1. The Morgan fingerprint density at radius 3 is 2.55 bits per heavy atom. The van der Waals surface area contributed by atoms with Crippen LogP contribution in [-0.4, -0.2) is 80.1 Å². The minimum atomic E-state index is -1.41. The molecule has 0 amide bonds. The molecule has 16 nitrogen and oxygen atoms in total. The highest BCUT2D eigenvalue weighted by Gasteiger charge is 2.44. The lowest BCUT2D eigenvalue weighted by atomic mass is 9.95. The van der Waals surface area contributed by atoms with Crippen LogP contribution in [0.2, 0.25) is 0 Å². The van der Waals surface area contributed by atoms with Crippen molar-refractivity contribution >= 4 is 34.3 Å². The molecule has 16 heteroatoms. The summed E-state index contributed by atoms with van der Waals surface area (Å²) in [6.45, 7) is 6.50. The number of anilines is 3. The van der Waals surface area contributed by atoms with E-state index in [1.54, 1.807) is 6.92 Å². The van der Waals surface area contributed by atoms with Crippen LogP contribution in [0.3, 0.4) is 0 Å². The summed E-state index contributed by atoms with van der Waals surface area (Å²) in [5.41, 5.74) is 4.49. The number of fused-ring (bicyclic) bond motifs is 1. The van der Waals surface area contributed by atoms with Crippen LogP contribution >= 0.6 is 0 Å². The summed E-state index contributed by atoms with van der Waals surface area (Å²) in [5.74, 6) is 0.0916. The van der Waals surface area contributed by atoms with Crippen molar-refractivity contribution in [1.29, 1.82) is 0 Å². The standard InChI is InChI=1S/C24H28N8O8/c1-3-39-20-9(2)15(33)13(20)27-6-4-5-26-11-12(18(36)17(11)35)28-7-10-16(34)19(37)23(40-10)32-8-29-14-21(32)30-24(25)31-22(14)38/h8,10,16,19,23,26-28,34,37H,2-7H2,1H3,(H3,25,30,31,38)/t10-,16-,19-,23+/m1/s1. The van der Waals surface area contributed by atoms with Gasteiger partial charge in [-0.25, -0.2) is 4.98 Å². The number of imidazole rings is 1. The second-order valence-corrected chi connectivity index (χ2v) is 9.26. The van der Waals surface area contributed by atoms with Gasteiger partial charge in [0.15, 0.2) is 23.2 Å². The minimum absolute atomic E-state index is 0.0214. The fourth-order valence-electron chi connectivity index (χ4n) is 4.61. The molecule has 1 fully saturated rings. The van der Waals surface area contributed by atoms with Crippen LogP contribution < -0.4 is 38.1 Å². The molecule has 8 N–H and O–H groups in total. The number of carbonyl (C=O) groups excluding carboxylic acids is 1. The number of hydrogen-bond acceptors (Lipinski definition) is 14. The minimum Gasteiger partial charge on any atom is -0.491 e. The van der Waals surface area contributed by atoms with Crippen molar-refractivity contribution in [2.24, 2.45) is 0 Å². The molecule has 1 aliphatic carbocycles. The number of hydrogen-bond donors (Lipinski definition) is 7. The molecule has 4 atom stereocenters. The Morgan fingerprint density at radius 1 is 1.12 bits per heavy atom. The summed E-state index contributed by atoms with van der Waals surface area (Å²) in [6.07, 6.45) is -3.16. The number of ether oxygens (including phenoxy) is 2. The molecule has 2 aliphatic rings. The summed E-state index contributed by atoms with van der Waals surface area (Å²) in [6, 6.07) is 0. The molecule has 40 heavy (non-hydrogen) atoms. The van der Waals surface area contributed by atoms with Crippen molar-refractivity contribution < 1.29 is 24.5 Å². The average Bonchev–Trinajstić information content (AvgIpc) is 3.48. The number of aliphatic hydroxyl groups excluding tert-OH is 2. The molecule has 0 bridgehead atoms. The van der Waals surface area contributed by atoms with E-state index in [9.17, 15) is 29.4 Å². The molecule has 1 saturated heterocycles. The van der Waals surface area contributed by atoms with Gasteiger partial charge in [0.05, 0.1) is 18.5 Å². The Bertz CT molecular complexity index is 1650. The number of allylic oxidation sites excluding steroid dienone is 2. The van der Waals surface area contributed by atoms with Gasteiger partial charge < -0.3 is 41.4 Å². The highest BCUT2D eigenvalue weighted by Crippen LogP contribution is 2.31. The molecular formula is C24H28N8O8. The highest BCUT2D eigenvalue weighted by atomic mass is 16.6. The third kappa shape index (κ3) is 4.51. The summed E-state index contributed by atoms with van der Waals surface area (Å²) in [7, 11) is 0. The van der Waals surface area contributed by atoms with Gasteiger partial charge in [-0.15, -0.1) is 0 Å². The van der Waals surface area contributed by atoms with E-state index in [0.717, 1.165) is 0 Å². The number of carbonyl (C=O) groups is 1. The predicted octanol–water partition coefficient (Wildman–Crippen LogP) is -2.19. The maximum Gasteiger partial charge on any atom is 0.280 e. The molecule has 1 aliphatic heterocycles. The Morgan fingerprint density at radius 2 is 1.82 bits per heavy atom. The molecule has 0 spiro atoms. The van der Waals surface area contributed by atoms with E-state index < -0.39 is 41.0 Å². The first kappa shape index (κ1) is 27.0.